The molecule has 57 heavy (non-hydrogen) atoms. The third kappa shape index (κ3) is 8.71. The van der Waals surface area contributed by atoms with Crippen LogP contribution in [0.25, 0.3) is 22.4 Å². The first-order valence-corrected chi connectivity index (χ1v) is 20.6. The quantitative estimate of drug-likeness (QED) is 0.0801. The molecule has 6 aromatic rings. The van der Waals surface area contributed by atoms with Crippen molar-refractivity contribution >= 4 is 34.3 Å². The lowest BCUT2D eigenvalue weighted by molar-refractivity contribution is 0.393. The van der Waals surface area contributed by atoms with Crippen LogP contribution in [0.3, 0.4) is 0 Å². The van der Waals surface area contributed by atoms with Crippen LogP contribution in [0.15, 0.2) is 193 Å². The zero-order valence-corrected chi connectivity index (χ0v) is 34.1. The number of hydrogen-bond donors (Lipinski definition) is 0. The average molecular weight is 745 g/mol. The number of fused-ring (bicyclic) bond motifs is 3. The van der Waals surface area contributed by atoms with Crippen LogP contribution in [-0.4, -0.2) is 19.8 Å². The molecule has 0 bridgehead atoms. The summed E-state index contributed by atoms with van der Waals surface area (Å²) in [6, 6.07) is 55.4. The van der Waals surface area contributed by atoms with E-state index in [9.17, 15) is 0 Å². The van der Waals surface area contributed by atoms with Gasteiger partial charge in [-0.1, -0.05) is 182 Å². The van der Waals surface area contributed by atoms with E-state index in [0.29, 0.717) is 0 Å². The third-order valence-corrected chi connectivity index (χ3v) is 11.9. The summed E-state index contributed by atoms with van der Waals surface area (Å²) in [6.45, 7) is 8.07. The largest absolute Gasteiger partial charge is 0.344 e. The second kappa shape index (κ2) is 18.3. The summed E-state index contributed by atoms with van der Waals surface area (Å²) in [7, 11) is 1.83. The van der Waals surface area contributed by atoms with Crippen LogP contribution in [0.5, 0.6) is 0 Å². The molecule has 1 unspecified atom stereocenters. The van der Waals surface area contributed by atoms with Crippen molar-refractivity contribution in [1.82, 2.24) is 0 Å². The van der Waals surface area contributed by atoms with E-state index >= 15 is 0 Å². The minimum absolute atomic E-state index is 0.168. The lowest BCUT2D eigenvalue weighted by Gasteiger charge is -2.35. The van der Waals surface area contributed by atoms with Gasteiger partial charge in [0.25, 0.3) is 0 Å². The highest BCUT2D eigenvalue weighted by molar-refractivity contribution is 5.95. The maximum atomic E-state index is 4.29. The Morgan fingerprint density at radius 2 is 1.28 bits per heavy atom. The zero-order chi connectivity index (χ0) is 39.5. The maximum absolute atomic E-state index is 4.29. The monoisotopic (exact) mass is 744 g/mol. The summed E-state index contributed by atoms with van der Waals surface area (Å²) < 4.78 is 0. The topological polar surface area (TPSA) is 15.6 Å². The lowest BCUT2D eigenvalue weighted by atomic mass is 9.68. The van der Waals surface area contributed by atoms with E-state index < -0.39 is 0 Å². The van der Waals surface area contributed by atoms with Crippen LogP contribution >= 0.6 is 0 Å². The van der Waals surface area contributed by atoms with Gasteiger partial charge in [-0.3, -0.25) is 4.99 Å². The van der Waals surface area contributed by atoms with Crippen LogP contribution in [0.1, 0.15) is 55.9 Å². The normalized spacial score (nSPS) is 17.4. The number of aliphatic imine (C=N–C) groups is 1. The number of allylic oxidation sites excluding steroid dienone is 6. The van der Waals surface area contributed by atoms with Crippen LogP contribution < -0.4 is 15.3 Å². The maximum Gasteiger partial charge on any atom is 0.0457 e. The molecular weight excluding hydrogens is 689 g/mol. The molecule has 0 N–H and O–H groups in total. The second-order valence-electron chi connectivity index (χ2n) is 15.8. The predicted molar refractivity (Wildman–Crippen MR) is 246 cm³/mol. The Balaban J connectivity index is 1.30. The van der Waals surface area contributed by atoms with Gasteiger partial charge in [-0.2, -0.15) is 0 Å². The van der Waals surface area contributed by atoms with Gasteiger partial charge in [-0.15, -0.1) is 0 Å². The average Bonchev–Trinajstić information content (AvgIpc) is 3.48. The highest BCUT2D eigenvalue weighted by Crippen LogP contribution is 2.52. The van der Waals surface area contributed by atoms with Gasteiger partial charge in [0.2, 0.25) is 0 Å². The summed E-state index contributed by atoms with van der Waals surface area (Å²) in [5.41, 5.74) is 9.22. The van der Waals surface area contributed by atoms with Gasteiger partial charge in [0.15, 0.2) is 0 Å². The van der Waals surface area contributed by atoms with Crippen LogP contribution in [-0.2, 0) is 24.7 Å². The Kier molecular flexibility index (Phi) is 12.6. The molecule has 0 amide bonds. The molecule has 0 radical (unpaired) electrons. The molecule has 2 heteroatoms. The minimum Gasteiger partial charge on any atom is -0.344 e. The molecule has 6 aromatic carbocycles. The summed E-state index contributed by atoms with van der Waals surface area (Å²) in [5.74, 6) is 0. The van der Waals surface area contributed by atoms with E-state index in [4.69, 9.17) is 0 Å². The zero-order valence-electron chi connectivity index (χ0n) is 34.1. The van der Waals surface area contributed by atoms with Crippen molar-refractivity contribution in [2.24, 2.45) is 10.4 Å². The summed E-state index contributed by atoms with van der Waals surface area (Å²) in [5, 5.41) is 5.12. The van der Waals surface area contributed by atoms with E-state index in [0.717, 1.165) is 38.6 Å². The van der Waals surface area contributed by atoms with Gasteiger partial charge in [-0.05, 0) is 108 Å². The SMILES string of the molecule is CCCN1/C(=C/C=C/C=C/CC(Cc2ccccc2)(Cc2ccccc2)/C(C)=c2\cccc\c2=C\C=NC)C(C)(Cc2ccccc2)c2c1ccc1ccccc21. The number of hydrogen-bond acceptors (Lipinski definition) is 2. The van der Waals surface area contributed by atoms with Gasteiger partial charge in [0.1, 0.15) is 0 Å². The highest BCUT2D eigenvalue weighted by Gasteiger charge is 2.44. The number of rotatable bonds is 14. The standard InChI is InChI=1S/C55H56N2/c1-5-39-57-51-35-34-47-29-19-21-32-50(47)53(51)54(3,40-44-23-11-8-12-24-44)52(57)33-17-6-7-22-37-55(41-45-25-13-9-14-26-45,42-46-27-15-10-16-28-46)43(2)49-31-20-18-30-48(49)36-38-56-4/h6-36,38H,5,37,39-42H2,1-4H3/b17-6+,22-7+,48-36-,49-43+,52-33+,56-38?. The Morgan fingerprint density at radius 1 is 0.667 bits per heavy atom. The van der Waals surface area contributed by atoms with E-state index in [1.165, 1.54) is 60.4 Å². The lowest BCUT2D eigenvalue weighted by Crippen LogP contribution is -2.36. The smallest absolute Gasteiger partial charge is 0.0457 e. The van der Waals surface area contributed by atoms with Crippen molar-refractivity contribution in [3.05, 3.63) is 220 Å². The van der Waals surface area contributed by atoms with Gasteiger partial charge < -0.3 is 4.90 Å². The van der Waals surface area contributed by atoms with Crippen molar-refractivity contribution < 1.29 is 0 Å². The molecular formula is C55H56N2. The predicted octanol–water partition coefficient (Wildman–Crippen LogP) is 11.8. The highest BCUT2D eigenvalue weighted by atomic mass is 15.2. The molecule has 0 saturated heterocycles. The van der Waals surface area contributed by atoms with Crippen LogP contribution in [0.4, 0.5) is 5.69 Å². The third-order valence-electron chi connectivity index (χ3n) is 11.9. The van der Waals surface area contributed by atoms with Crippen molar-refractivity contribution in [3.63, 3.8) is 0 Å². The van der Waals surface area contributed by atoms with E-state index in [1.54, 1.807) is 0 Å². The molecule has 1 atom stereocenters. The molecule has 0 aliphatic carbocycles. The second-order valence-corrected chi connectivity index (χ2v) is 15.8. The molecule has 0 spiro atoms. The Hall–Kier alpha value is -5.99. The van der Waals surface area contributed by atoms with Gasteiger partial charge in [0.05, 0.1) is 0 Å². The fourth-order valence-electron chi connectivity index (χ4n) is 9.15. The van der Waals surface area contributed by atoms with Gasteiger partial charge in [-0.25, -0.2) is 0 Å². The molecule has 0 fully saturated rings. The first-order chi connectivity index (χ1) is 28.0. The van der Waals surface area contributed by atoms with Crippen molar-refractivity contribution in [1.29, 1.82) is 0 Å². The molecule has 1 heterocycles. The van der Waals surface area contributed by atoms with Crippen molar-refractivity contribution in [3.8, 4) is 0 Å². The molecule has 1 aliphatic rings. The first-order valence-electron chi connectivity index (χ1n) is 20.6. The number of anilines is 1. The minimum atomic E-state index is -0.194. The van der Waals surface area contributed by atoms with Gasteiger partial charge in [0, 0.05) is 42.0 Å². The Labute approximate surface area is 340 Å². The van der Waals surface area contributed by atoms with E-state index in [-0.39, 0.29) is 10.8 Å². The van der Waals surface area contributed by atoms with Gasteiger partial charge >= 0.3 is 0 Å². The number of benzene rings is 6. The molecule has 0 aromatic heterocycles. The van der Waals surface area contributed by atoms with E-state index in [2.05, 4.69) is 219 Å². The molecule has 0 saturated carbocycles. The van der Waals surface area contributed by atoms with Crippen LogP contribution in [0, 0.1) is 5.41 Å². The van der Waals surface area contributed by atoms with Crippen molar-refractivity contribution in [2.75, 3.05) is 18.5 Å². The molecule has 2 nitrogen and oxygen atoms in total. The molecule has 1 aliphatic heterocycles. The Bertz CT molecular complexity index is 2470. The Morgan fingerprint density at radius 3 is 1.95 bits per heavy atom. The van der Waals surface area contributed by atoms with Crippen LogP contribution in [0.2, 0.25) is 0 Å². The molecule has 7 rings (SSSR count). The summed E-state index contributed by atoms with van der Waals surface area (Å²) >= 11 is 0. The summed E-state index contributed by atoms with van der Waals surface area (Å²) in [4.78, 5) is 6.87. The summed E-state index contributed by atoms with van der Waals surface area (Å²) in [6.07, 6.45) is 20.4. The fraction of sp³-hybridized carbons (Fsp3) is 0.218. The fourth-order valence-corrected chi connectivity index (χ4v) is 9.15. The number of nitrogens with zero attached hydrogens (tertiary/aromatic N) is 2. The van der Waals surface area contributed by atoms with Crippen molar-refractivity contribution in [2.45, 2.75) is 58.3 Å². The molecule has 286 valence electrons. The van der Waals surface area contributed by atoms with E-state index in [1.807, 2.05) is 13.3 Å². The first kappa shape index (κ1) is 39.3.